The molecular formula is C14H19F2NO3. The Balaban J connectivity index is 2.84. The first-order valence-electron chi connectivity index (χ1n) is 6.50. The monoisotopic (exact) mass is 287 g/mol. The Morgan fingerprint density at radius 1 is 1.35 bits per heavy atom. The van der Waals surface area contributed by atoms with Crippen molar-refractivity contribution in [3.05, 3.63) is 23.8 Å². The summed E-state index contributed by atoms with van der Waals surface area (Å²) in [6, 6.07) is 4.44. The largest absolute Gasteiger partial charge is 0.493 e. The first kappa shape index (κ1) is 16.2. The molecule has 4 nitrogen and oxygen atoms in total. The summed E-state index contributed by atoms with van der Waals surface area (Å²) in [7, 11) is 1.33. The van der Waals surface area contributed by atoms with Crippen LogP contribution in [0, 0.1) is 0 Å². The number of nitrogens with one attached hydrogen (secondary N) is 1. The first-order valence-corrected chi connectivity index (χ1v) is 6.50. The van der Waals surface area contributed by atoms with Gasteiger partial charge in [-0.2, -0.15) is 8.78 Å². The van der Waals surface area contributed by atoms with E-state index in [1.54, 1.807) is 6.07 Å². The summed E-state index contributed by atoms with van der Waals surface area (Å²) in [5, 5.41) is 2.68. The Morgan fingerprint density at radius 2 is 2.10 bits per heavy atom. The molecule has 20 heavy (non-hydrogen) atoms. The number of methoxy groups -OCH3 is 1. The van der Waals surface area contributed by atoms with Gasteiger partial charge in [0.1, 0.15) is 0 Å². The van der Waals surface area contributed by atoms with E-state index in [-0.39, 0.29) is 17.1 Å². The highest BCUT2D eigenvalue weighted by atomic mass is 19.3. The molecule has 1 amide bonds. The molecule has 112 valence electrons. The van der Waals surface area contributed by atoms with Gasteiger partial charge in [0.05, 0.1) is 12.7 Å². The van der Waals surface area contributed by atoms with Crippen molar-refractivity contribution in [2.45, 2.75) is 32.8 Å². The molecule has 0 atom stereocenters. The number of carbonyl (C=O) groups excluding carboxylic acids is 1. The third-order valence-corrected chi connectivity index (χ3v) is 2.72. The van der Waals surface area contributed by atoms with Gasteiger partial charge in [-0.15, -0.1) is 0 Å². The van der Waals surface area contributed by atoms with Crippen LogP contribution in [0.5, 0.6) is 11.5 Å². The lowest BCUT2D eigenvalue weighted by Gasteiger charge is -2.14. The average Bonchev–Trinajstić information content (AvgIpc) is 2.43. The van der Waals surface area contributed by atoms with Gasteiger partial charge in [-0.25, -0.2) is 0 Å². The molecule has 0 saturated carbocycles. The quantitative estimate of drug-likeness (QED) is 0.747. The second-order valence-electron chi connectivity index (χ2n) is 4.18. The van der Waals surface area contributed by atoms with Crippen molar-refractivity contribution in [1.29, 1.82) is 0 Å². The minimum absolute atomic E-state index is 0.0427. The van der Waals surface area contributed by atoms with Gasteiger partial charge in [0.25, 0.3) is 5.91 Å². The Hall–Kier alpha value is -1.85. The van der Waals surface area contributed by atoms with Gasteiger partial charge in [0, 0.05) is 6.54 Å². The summed E-state index contributed by atoms with van der Waals surface area (Å²) < 4.78 is 34.2. The molecule has 1 aromatic carbocycles. The third-order valence-electron chi connectivity index (χ3n) is 2.72. The second kappa shape index (κ2) is 8.35. The maximum Gasteiger partial charge on any atom is 0.387 e. The smallest absolute Gasteiger partial charge is 0.387 e. The van der Waals surface area contributed by atoms with Crippen LogP contribution >= 0.6 is 0 Å². The van der Waals surface area contributed by atoms with E-state index in [4.69, 9.17) is 4.74 Å². The lowest BCUT2D eigenvalue weighted by Crippen LogP contribution is -2.25. The van der Waals surface area contributed by atoms with Gasteiger partial charge >= 0.3 is 6.61 Å². The Bertz CT molecular complexity index is 438. The summed E-state index contributed by atoms with van der Waals surface area (Å²) in [4.78, 5) is 12.0. The number of unbranched alkanes of at least 4 members (excludes halogenated alkanes) is 2. The van der Waals surface area contributed by atoms with Gasteiger partial charge in [-0.3, -0.25) is 4.79 Å². The van der Waals surface area contributed by atoms with E-state index < -0.39 is 12.5 Å². The van der Waals surface area contributed by atoms with E-state index in [1.165, 1.54) is 19.2 Å². The van der Waals surface area contributed by atoms with Crippen LogP contribution in [0.3, 0.4) is 0 Å². The van der Waals surface area contributed by atoms with Crippen LogP contribution in [0.2, 0.25) is 0 Å². The summed E-state index contributed by atoms with van der Waals surface area (Å²) in [6.07, 6.45) is 2.88. The SMILES string of the molecule is CCCCCNC(=O)c1cccc(OC)c1OC(F)F. The number of rotatable bonds is 8. The number of hydrogen-bond donors (Lipinski definition) is 1. The molecule has 0 aromatic heterocycles. The van der Waals surface area contributed by atoms with Crippen molar-refractivity contribution in [1.82, 2.24) is 5.32 Å². The number of para-hydroxylation sites is 1. The highest BCUT2D eigenvalue weighted by molar-refractivity contribution is 5.97. The van der Waals surface area contributed by atoms with Crippen molar-refractivity contribution < 1.29 is 23.0 Å². The Kier molecular flexibility index (Phi) is 6.76. The van der Waals surface area contributed by atoms with Crippen molar-refractivity contribution >= 4 is 5.91 Å². The van der Waals surface area contributed by atoms with Crippen LogP contribution in [0.15, 0.2) is 18.2 Å². The molecule has 1 aromatic rings. The molecule has 0 spiro atoms. The second-order valence-corrected chi connectivity index (χ2v) is 4.18. The van der Waals surface area contributed by atoms with Gasteiger partial charge in [0.15, 0.2) is 11.5 Å². The topological polar surface area (TPSA) is 47.6 Å². The van der Waals surface area contributed by atoms with E-state index in [0.717, 1.165) is 19.3 Å². The van der Waals surface area contributed by atoms with Crippen LogP contribution in [-0.4, -0.2) is 26.2 Å². The van der Waals surface area contributed by atoms with Crippen molar-refractivity contribution in [3.8, 4) is 11.5 Å². The molecule has 0 aliphatic carbocycles. The maximum absolute atomic E-state index is 12.4. The minimum atomic E-state index is -3.02. The molecule has 1 rings (SSSR count). The Labute approximate surface area is 117 Å². The average molecular weight is 287 g/mol. The fraction of sp³-hybridized carbons (Fsp3) is 0.500. The fourth-order valence-electron chi connectivity index (χ4n) is 1.74. The van der Waals surface area contributed by atoms with E-state index in [9.17, 15) is 13.6 Å². The van der Waals surface area contributed by atoms with Gasteiger partial charge in [-0.05, 0) is 18.6 Å². The first-order chi connectivity index (χ1) is 9.60. The number of alkyl halides is 2. The lowest BCUT2D eigenvalue weighted by atomic mass is 10.1. The van der Waals surface area contributed by atoms with E-state index in [0.29, 0.717) is 6.54 Å². The number of carbonyl (C=O) groups is 1. The van der Waals surface area contributed by atoms with E-state index in [2.05, 4.69) is 17.0 Å². The highest BCUT2D eigenvalue weighted by Gasteiger charge is 2.19. The molecule has 0 saturated heterocycles. The zero-order valence-electron chi connectivity index (χ0n) is 11.6. The molecule has 0 unspecified atom stereocenters. The van der Waals surface area contributed by atoms with E-state index in [1.807, 2.05) is 0 Å². The number of halogens is 2. The van der Waals surface area contributed by atoms with Crippen LogP contribution in [-0.2, 0) is 0 Å². The summed E-state index contributed by atoms with van der Waals surface area (Å²) in [5.41, 5.74) is 0.0427. The van der Waals surface area contributed by atoms with Gasteiger partial charge in [0.2, 0.25) is 0 Å². The fourth-order valence-corrected chi connectivity index (χ4v) is 1.74. The van der Waals surface area contributed by atoms with Gasteiger partial charge < -0.3 is 14.8 Å². The number of ether oxygens (including phenoxy) is 2. The molecule has 6 heteroatoms. The molecule has 0 fully saturated rings. The molecular weight excluding hydrogens is 268 g/mol. The van der Waals surface area contributed by atoms with Crippen LogP contribution in [0.25, 0.3) is 0 Å². The van der Waals surface area contributed by atoms with Gasteiger partial charge in [-0.1, -0.05) is 25.8 Å². The standard InChI is InChI=1S/C14H19F2NO3/c1-3-4-5-9-17-13(18)10-7-6-8-11(19-2)12(10)20-14(15)16/h6-8,14H,3-5,9H2,1-2H3,(H,17,18). The molecule has 0 bridgehead atoms. The van der Waals surface area contributed by atoms with Crippen LogP contribution < -0.4 is 14.8 Å². The Morgan fingerprint density at radius 3 is 2.70 bits per heavy atom. The summed E-state index contributed by atoms with van der Waals surface area (Å²) in [6.45, 7) is -0.464. The summed E-state index contributed by atoms with van der Waals surface area (Å²) in [5.74, 6) is -0.583. The number of hydrogen-bond acceptors (Lipinski definition) is 3. The number of benzene rings is 1. The summed E-state index contributed by atoms with van der Waals surface area (Å²) >= 11 is 0. The zero-order chi connectivity index (χ0) is 15.0. The molecule has 0 aliphatic rings. The van der Waals surface area contributed by atoms with E-state index >= 15 is 0 Å². The molecule has 0 heterocycles. The molecule has 0 radical (unpaired) electrons. The normalized spacial score (nSPS) is 10.4. The predicted octanol–water partition coefficient (Wildman–Crippen LogP) is 3.22. The van der Waals surface area contributed by atoms with Crippen LogP contribution in [0.4, 0.5) is 8.78 Å². The minimum Gasteiger partial charge on any atom is -0.493 e. The predicted molar refractivity (Wildman–Crippen MR) is 71.5 cm³/mol. The number of amides is 1. The molecule has 1 N–H and O–H groups in total. The van der Waals surface area contributed by atoms with Crippen molar-refractivity contribution in [2.75, 3.05) is 13.7 Å². The lowest BCUT2D eigenvalue weighted by molar-refractivity contribution is -0.0515. The molecule has 0 aliphatic heterocycles. The highest BCUT2D eigenvalue weighted by Crippen LogP contribution is 2.32. The zero-order valence-corrected chi connectivity index (χ0v) is 11.6. The maximum atomic E-state index is 12.4. The van der Waals surface area contributed by atoms with Crippen molar-refractivity contribution in [2.24, 2.45) is 0 Å². The third kappa shape index (κ3) is 4.68. The van der Waals surface area contributed by atoms with Crippen LogP contribution in [0.1, 0.15) is 36.5 Å². The van der Waals surface area contributed by atoms with Crippen molar-refractivity contribution in [3.63, 3.8) is 0 Å².